The zero-order chi connectivity index (χ0) is 19.8. The maximum Gasteiger partial charge on any atom is 0.246 e. The van der Waals surface area contributed by atoms with E-state index in [2.05, 4.69) is 6.92 Å². The summed E-state index contributed by atoms with van der Waals surface area (Å²) in [6, 6.07) is 2.74. The Morgan fingerprint density at radius 1 is 0.963 bits per heavy atom. The average Bonchev–Trinajstić information content (AvgIpc) is 2.61. The van der Waals surface area contributed by atoms with E-state index in [9.17, 15) is 13.2 Å². The van der Waals surface area contributed by atoms with E-state index in [1.54, 1.807) is 0 Å². The van der Waals surface area contributed by atoms with Gasteiger partial charge in [-0.2, -0.15) is 4.31 Å². The highest BCUT2D eigenvalue weighted by Gasteiger charge is 2.36. The Labute approximate surface area is 175 Å². The molecule has 0 bridgehead atoms. The van der Waals surface area contributed by atoms with E-state index < -0.39 is 10.0 Å². The minimum absolute atomic E-state index is 0.00753. The average molecular weight is 454 g/mol. The molecule has 0 saturated carbocycles. The summed E-state index contributed by atoms with van der Waals surface area (Å²) >= 11 is 18.1. The zero-order valence-corrected chi connectivity index (χ0v) is 18.2. The zero-order valence-electron chi connectivity index (χ0n) is 15.1. The molecule has 2 aliphatic heterocycles. The van der Waals surface area contributed by atoms with Crippen LogP contribution in [0.1, 0.15) is 32.6 Å². The lowest BCUT2D eigenvalue weighted by Crippen LogP contribution is -2.46. The van der Waals surface area contributed by atoms with E-state index in [1.165, 1.54) is 16.4 Å². The van der Waals surface area contributed by atoms with Crippen LogP contribution >= 0.6 is 34.8 Å². The van der Waals surface area contributed by atoms with Gasteiger partial charge >= 0.3 is 0 Å². The van der Waals surface area contributed by atoms with Crippen molar-refractivity contribution < 1.29 is 13.2 Å². The summed E-state index contributed by atoms with van der Waals surface area (Å²) in [7, 11) is -3.84. The highest BCUT2D eigenvalue weighted by atomic mass is 35.5. The first kappa shape index (κ1) is 21.2. The van der Waals surface area contributed by atoms with Crippen LogP contribution in [0.2, 0.25) is 15.1 Å². The number of hydrogen-bond donors (Lipinski definition) is 0. The van der Waals surface area contributed by atoms with E-state index in [0.717, 1.165) is 25.9 Å². The third kappa shape index (κ3) is 4.56. The molecule has 2 aliphatic rings. The van der Waals surface area contributed by atoms with E-state index in [0.29, 0.717) is 18.8 Å². The van der Waals surface area contributed by atoms with Gasteiger partial charge in [0.2, 0.25) is 15.9 Å². The fourth-order valence-corrected chi connectivity index (χ4v) is 6.70. The van der Waals surface area contributed by atoms with Gasteiger partial charge in [-0.05, 0) is 43.7 Å². The lowest BCUT2D eigenvalue weighted by molar-refractivity contribution is -0.138. The second-order valence-electron chi connectivity index (χ2n) is 7.38. The summed E-state index contributed by atoms with van der Waals surface area (Å²) in [4.78, 5) is 14.5. The van der Waals surface area contributed by atoms with Gasteiger partial charge < -0.3 is 4.90 Å². The fraction of sp³-hybridized carbons (Fsp3) is 0.611. The molecule has 0 spiro atoms. The molecule has 0 aliphatic carbocycles. The molecule has 1 amide bonds. The third-order valence-corrected chi connectivity index (χ3v) is 8.50. The largest absolute Gasteiger partial charge is 0.342 e. The minimum atomic E-state index is -3.84. The number of amides is 1. The smallest absolute Gasteiger partial charge is 0.246 e. The van der Waals surface area contributed by atoms with Gasteiger partial charge in [0.15, 0.2) is 0 Å². The van der Waals surface area contributed by atoms with Crippen molar-refractivity contribution in [1.82, 2.24) is 9.21 Å². The molecule has 9 heteroatoms. The Morgan fingerprint density at radius 3 is 2.00 bits per heavy atom. The number of halogens is 3. The molecule has 1 aromatic carbocycles. The van der Waals surface area contributed by atoms with Crippen LogP contribution in [-0.4, -0.2) is 49.7 Å². The topological polar surface area (TPSA) is 57.7 Å². The van der Waals surface area contributed by atoms with E-state index >= 15 is 0 Å². The summed E-state index contributed by atoms with van der Waals surface area (Å²) in [5.74, 6) is 0.692. The molecular weight excluding hydrogens is 431 g/mol. The minimum Gasteiger partial charge on any atom is -0.342 e. The Balaban J connectivity index is 1.67. The molecule has 0 radical (unpaired) electrons. The molecule has 27 heavy (non-hydrogen) atoms. The van der Waals surface area contributed by atoms with Gasteiger partial charge in [0.05, 0.1) is 10.0 Å². The monoisotopic (exact) mass is 452 g/mol. The first-order valence-electron chi connectivity index (χ1n) is 9.13. The number of likely N-dealkylation sites (tertiary alicyclic amines) is 1. The van der Waals surface area contributed by atoms with Crippen LogP contribution in [0.25, 0.3) is 0 Å². The number of hydrogen-bond acceptors (Lipinski definition) is 3. The molecule has 5 nitrogen and oxygen atoms in total. The summed E-state index contributed by atoms with van der Waals surface area (Å²) in [5.41, 5.74) is 0. The molecule has 0 unspecified atom stereocenters. The van der Waals surface area contributed by atoms with Crippen LogP contribution < -0.4 is 0 Å². The van der Waals surface area contributed by atoms with Crippen LogP contribution in [0, 0.1) is 11.8 Å². The Kier molecular flexibility index (Phi) is 6.63. The fourth-order valence-electron chi connectivity index (χ4n) is 3.73. The number of benzene rings is 1. The molecule has 0 atom stereocenters. The van der Waals surface area contributed by atoms with Gasteiger partial charge in [-0.15, -0.1) is 0 Å². The molecule has 0 N–H and O–H groups in total. The lowest BCUT2D eigenvalue weighted by Gasteiger charge is -2.36. The number of carbonyl (C=O) groups is 1. The number of rotatable bonds is 3. The van der Waals surface area contributed by atoms with Gasteiger partial charge in [0.25, 0.3) is 0 Å². The van der Waals surface area contributed by atoms with Crippen molar-refractivity contribution in [2.45, 2.75) is 37.5 Å². The van der Waals surface area contributed by atoms with Gasteiger partial charge in [-0.3, -0.25) is 4.79 Å². The van der Waals surface area contributed by atoms with Crippen LogP contribution in [0.5, 0.6) is 0 Å². The van der Waals surface area contributed by atoms with Gasteiger partial charge in [0.1, 0.15) is 4.90 Å². The number of sulfonamides is 1. The van der Waals surface area contributed by atoms with Crippen LogP contribution in [0.4, 0.5) is 0 Å². The molecule has 150 valence electrons. The van der Waals surface area contributed by atoms with E-state index in [4.69, 9.17) is 34.8 Å². The molecule has 2 fully saturated rings. The predicted molar refractivity (Wildman–Crippen MR) is 108 cm³/mol. The molecular formula is C18H23Cl3N2O3S. The van der Waals surface area contributed by atoms with Crippen molar-refractivity contribution in [3.8, 4) is 0 Å². The summed E-state index contributed by atoms with van der Waals surface area (Å²) in [6.45, 7) is 4.36. The second kappa shape index (κ2) is 8.46. The molecule has 1 aromatic rings. The van der Waals surface area contributed by atoms with Crippen molar-refractivity contribution >= 4 is 50.7 Å². The highest BCUT2D eigenvalue weighted by Crippen LogP contribution is 2.36. The SMILES string of the molecule is CC1CCN(C(=O)C2CCN(S(=O)(=O)c3c(Cl)cc(Cl)cc3Cl)CC2)CC1. The third-order valence-electron chi connectivity index (χ3n) is 5.46. The Morgan fingerprint density at radius 2 is 1.48 bits per heavy atom. The Hall–Kier alpha value is -0.530. The maximum absolute atomic E-state index is 13.0. The maximum atomic E-state index is 13.0. The second-order valence-corrected chi connectivity index (χ2v) is 10.5. The van der Waals surface area contributed by atoms with Crippen molar-refractivity contribution in [2.24, 2.45) is 11.8 Å². The Bertz CT molecular complexity index is 792. The number of piperidine rings is 2. The normalized spacial score (nSPS) is 20.8. The lowest BCUT2D eigenvalue weighted by atomic mass is 9.93. The molecule has 0 aromatic heterocycles. The number of nitrogens with zero attached hydrogens (tertiary/aromatic N) is 2. The van der Waals surface area contributed by atoms with Gasteiger partial charge in [-0.25, -0.2) is 8.42 Å². The summed E-state index contributed by atoms with van der Waals surface area (Å²) in [6.07, 6.45) is 3.08. The summed E-state index contributed by atoms with van der Waals surface area (Å²) < 4.78 is 27.3. The van der Waals surface area contributed by atoms with Crippen LogP contribution in [0.3, 0.4) is 0 Å². The first-order valence-corrected chi connectivity index (χ1v) is 11.7. The molecule has 2 heterocycles. The molecule has 2 saturated heterocycles. The van der Waals surface area contributed by atoms with E-state index in [-0.39, 0.29) is 44.9 Å². The van der Waals surface area contributed by atoms with Crippen molar-refractivity contribution in [3.63, 3.8) is 0 Å². The highest BCUT2D eigenvalue weighted by molar-refractivity contribution is 7.89. The first-order chi connectivity index (χ1) is 12.7. The standard InChI is InChI=1S/C18H23Cl3N2O3S/c1-12-2-6-22(7-3-12)18(24)13-4-8-23(9-5-13)27(25,26)17-15(20)10-14(19)11-16(17)21/h10-13H,2-9H2,1H3. The van der Waals surface area contributed by atoms with E-state index in [1.807, 2.05) is 4.90 Å². The van der Waals surface area contributed by atoms with Crippen molar-refractivity contribution in [3.05, 3.63) is 27.2 Å². The van der Waals surface area contributed by atoms with Gasteiger partial charge in [0, 0.05) is 37.1 Å². The van der Waals surface area contributed by atoms with Crippen molar-refractivity contribution in [1.29, 1.82) is 0 Å². The quantitative estimate of drug-likeness (QED) is 0.685. The van der Waals surface area contributed by atoms with Gasteiger partial charge in [-0.1, -0.05) is 41.7 Å². The van der Waals surface area contributed by atoms with Crippen LogP contribution in [-0.2, 0) is 14.8 Å². The van der Waals surface area contributed by atoms with Crippen LogP contribution in [0.15, 0.2) is 17.0 Å². The van der Waals surface area contributed by atoms with Crippen molar-refractivity contribution in [2.75, 3.05) is 26.2 Å². The molecule has 3 rings (SSSR count). The summed E-state index contributed by atoms with van der Waals surface area (Å²) in [5, 5.41) is 0.297. The predicted octanol–water partition coefficient (Wildman–Crippen LogP) is 4.31. The number of carbonyl (C=O) groups excluding carboxylic acids is 1.